The van der Waals surface area contributed by atoms with Gasteiger partial charge < -0.3 is 9.84 Å². The lowest BCUT2D eigenvalue weighted by atomic mass is 10.2. The molecule has 0 amide bonds. The van der Waals surface area contributed by atoms with Crippen LogP contribution in [0.1, 0.15) is 11.1 Å². The van der Waals surface area contributed by atoms with E-state index in [0.29, 0.717) is 27.1 Å². The molecule has 0 unspecified atom stereocenters. The maximum Gasteiger partial charge on any atom is 0.134 e. The molecule has 0 radical (unpaired) electrons. The molecule has 0 aliphatic carbocycles. The molecule has 0 aromatic heterocycles. The molecule has 2 rings (SSSR count). The molecule has 4 heteroatoms. The summed E-state index contributed by atoms with van der Waals surface area (Å²) in [4.78, 5) is 0. The third kappa shape index (κ3) is 2.78. The first kappa shape index (κ1) is 13.2. The smallest absolute Gasteiger partial charge is 0.134 e. The van der Waals surface area contributed by atoms with E-state index >= 15 is 0 Å². The topological polar surface area (TPSA) is 29.5 Å². The van der Waals surface area contributed by atoms with Crippen LogP contribution < -0.4 is 4.74 Å². The number of hydrogen-bond donors (Lipinski definition) is 1. The number of aliphatic hydroxyl groups excluding tert-OH is 1. The second-order valence-electron chi connectivity index (χ2n) is 3.89. The van der Waals surface area contributed by atoms with Crippen molar-refractivity contribution in [2.24, 2.45) is 0 Å². The number of aliphatic hydroxyl groups is 1. The van der Waals surface area contributed by atoms with E-state index in [-0.39, 0.29) is 6.61 Å². The Balaban J connectivity index is 2.37. The predicted molar refractivity (Wildman–Crippen MR) is 73.6 cm³/mol. The zero-order valence-corrected chi connectivity index (χ0v) is 11.3. The SMILES string of the molecule is Cc1cc(Cl)ccc1Oc1cccc(Cl)c1CO. The lowest BCUT2D eigenvalue weighted by molar-refractivity contribution is 0.276. The monoisotopic (exact) mass is 282 g/mol. The zero-order chi connectivity index (χ0) is 13.1. The molecule has 18 heavy (non-hydrogen) atoms. The van der Waals surface area contributed by atoms with Gasteiger partial charge in [-0.2, -0.15) is 0 Å². The Labute approximate surface area is 116 Å². The molecular weight excluding hydrogens is 271 g/mol. The van der Waals surface area contributed by atoms with E-state index in [1.54, 1.807) is 30.3 Å². The summed E-state index contributed by atoms with van der Waals surface area (Å²) < 4.78 is 5.76. The van der Waals surface area contributed by atoms with Crippen molar-refractivity contribution in [2.75, 3.05) is 0 Å². The zero-order valence-electron chi connectivity index (χ0n) is 9.78. The molecule has 0 bridgehead atoms. The van der Waals surface area contributed by atoms with Gasteiger partial charge in [-0.15, -0.1) is 0 Å². The van der Waals surface area contributed by atoms with E-state index < -0.39 is 0 Å². The molecule has 0 spiro atoms. The van der Waals surface area contributed by atoms with Gasteiger partial charge in [-0.3, -0.25) is 0 Å². The molecule has 94 valence electrons. The van der Waals surface area contributed by atoms with Crippen LogP contribution in [0.2, 0.25) is 10.0 Å². The van der Waals surface area contributed by atoms with E-state index in [9.17, 15) is 5.11 Å². The first-order chi connectivity index (χ1) is 8.61. The third-order valence-electron chi connectivity index (χ3n) is 2.59. The largest absolute Gasteiger partial charge is 0.457 e. The van der Waals surface area contributed by atoms with Crippen LogP contribution in [-0.4, -0.2) is 5.11 Å². The van der Waals surface area contributed by atoms with Gasteiger partial charge in [-0.25, -0.2) is 0 Å². The molecule has 0 heterocycles. The van der Waals surface area contributed by atoms with E-state index in [0.717, 1.165) is 5.56 Å². The van der Waals surface area contributed by atoms with Crippen LogP contribution in [0.4, 0.5) is 0 Å². The van der Waals surface area contributed by atoms with Crippen LogP contribution in [0.3, 0.4) is 0 Å². The Morgan fingerprint density at radius 2 is 1.89 bits per heavy atom. The first-order valence-corrected chi connectivity index (χ1v) is 6.19. The van der Waals surface area contributed by atoms with Crippen molar-refractivity contribution >= 4 is 23.2 Å². The van der Waals surface area contributed by atoms with Crippen molar-refractivity contribution in [3.05, 3.63) is 57.6 Å². The highest BCUT2D eigenvalue weighted by Gasteiger charge is 2.09. The number of ether oxygens (including phenoxy) is 1. The fraction of sp³-hybridized carbons (Fsp3) is 0.143. The minimum atomic E-state index is -0.165. The quantitative estimate of drug-likeness (QED) is 0.893. The molecule has 0 saturated heterocycles. The van der Waals surface area contributed by atoms with Crippen molar-refractivity contribution < 1.29 is 9.84 Å². The molecule has 2 aromatic carbocycles. The number of halogens is 2. The van der Waals surface area contributed by atoms with Crippen LogP contribution >= 0.6 is 23.2 Å². The van der Waals surface area contributed by atoms with Gasteiger partial charge in [-0.05, 0) is 42.8 Å². The Kier molecular flexibility index (Phi) is 4.12. The molecule has 0 saturated carbocycles. The molecule has 1 N–H and O–H groups in total. The maximum absolute atomic E-state index is 9.31. The molecule has 0 aliphatic rings. The summed E-state index contributed by atoms with van der Waals surface area (Å²) in [6.45, 7) is 1.74. The van der Waals surface area contributed by atoms with E-state index in [1.807, 2.05) is 13.0 Å². The van der Waals surface area contributed by atoms with Crippen molar-refractivity contribution in [3.8, 4) is 11.5 Å². The molecule has 0 aliphatic heterocycles. The molecular formula is C14H12Cl2O2. The van der Waals surface area contributed by atoms with Gasteiger partial charge in [0.2, 0.25) is 0 Å². The molecule has 0 atom stereocenters. The fourth-order valence-corrected chi connectivity index (χ4v) is 2.09. The highest BCUT2D eigenvalue weighted by molar-refractivity contribution is 6.31. The average molecular weight is 283 g/mol. The Hall–Kier alpha value is -1.22. The predicted octanol–water partition coefficient (Wildman–Crippen LogP) is 4.59. The van der Waals surface area contributed by atoms with Crippen molar-refractivity contribution in [2.45, 2.75) is 13.5 Å². The highest BCUT2D eigenvalue weighted by Crippen LogP contribution is 2.32. The summed E-state index contributed by atoms with van der Waals surface area (Å²) in [5.74, 6) is 1.24. The van der Waals surface area contributed by atoms with Gasteiger partial charge in [0.15, 0.2) is 0 Å². The lowest BCUT2D eigenvalue weighted by Crippen LogP contribution is -1.94. The van der Waals surface area contributed by atoms with Crippen molar-refractivity contribution in [1.82, 2.24) is 0 Å². The minimum absolute atomic E-state index is 0.165. The highest BCUT2D eigenvalue weighted by atomic mass is 35.5. The number of hydrogen-bond acceptors (Lipinski definition) is 2. The van der Waals surface area contributed by atoms with Crippen molar-refractivity contribution in [1.29, 1.82) is 0 Å². The molecule has 2 aromatic rings. The maximum atomic E-state index is 9.31. The summed E-state index contributed by atoms with van der Waals surface area (Å²) in [7, 11) is 0. The van der Waals surface area contributed by atoms with E-state index in [1.165, 1.54) is 0 Å². The van der Waals surface area contributed by atoms with Gasteiger partial charge in [0.05, 0.1) is 6.61 Å². The number of rotatable bonds is 3. The third-order valence-corrected chi connectivity index (χ3v) is 3.18. The Bertz CT molecular complexity index is 568. The number of aryl methyl sites for hydroxylation is 1. The van der Waals surface area contributed by atoms with Gasteiger partial charge >= 0.3 is 0 Å². The fourth-order valence-electron chi connectivity index (χ4n) is 1.63. The second-order valence-corrected chi connectivity index (χ2v) is 4.73. The normalized spacial score (nSPS) is 10.4. The van der Waals surface area contributed by atoms with Crippen LogP contribution in [0.25, 0.3) is 0 Å². The summed E-state index contributed by atoms with van der Waals surface area (Å²) >= 11 is 11.9. The van der Waals surface area contributed by atoms with Gasteiger partial charge in [0, 0.05) is 15.6 Å². The molecule has 0 fully saturated rings. The van der Waals surface area contributed by atoms with E-state index in [2.05, 4.69) is 0 Å². The number of benzene rings is 2. The first-order valence-electron chi connectivity index (χ1n) is 5.44. The van der Waals surface area contributed by atoms with Gasteiger partial charge in [-0.1, -0.05) is 29.3 Å². The van der Waals surface area contributed by atoms with Crippen LogP contribution in [-0.2, 0) is 6.61 Å². The lowest BCUT2D eigenvalue weighted by Gasteiger charge is -2.12. The minimum Gasteiger partial charge on any atom is -0.457 e. The van der Waals surface area contributed by atoms with Crippen LogP contribution in [0.5, 0.6) is 11.5 Å². The van der Waals surface area contributed by atoms with Crippen LogP contribution in [0.15, 0.2) is 36.4 Å². The Morgan fingerprint density at radius 1 is 1.11 bits per heavy atom. The average Bonchev–Trinajstić information content (AvgIpc) is 2.33. The van der Waals surface area contributed by atoms with Gasteiger partial charge in [0.1, 0.15) is 11.5 Å². The standard InChI is InChI=1S/C14H12Cl2O2/c1-9-7-10(15)5-6-13(9)18-14-4-2-3-12(16)11(14)8-17/h2-7,17H,8H2,1H3. The summed E-state index contributed by atoms with van der Waals surface area (Å²) in [5, 5.41) is 10.5. The summed E-state index contributed by atoms with van der Waals surface area (Å²) in [5.41, 5.74) is 1.50. The summed E-state index contributed by atoms with van der Waals surface area (Å²) in [6.07, 6.45) is 0. The van der Waals surface area contributed by atoms with Crippen molar-refractivity contribution in [3.63, 3.8) is 0 Å². The van der Waals surface area contributed by atoms with E-state index in [4.69, 9.17) is 27.9 Å². The Morgan fingerprint density at radius 3 is 2.56 bits per heavy atom. The second kappa shape index (κ2) is 5.61. The molecule has 2 nitrogen and oxygen atoms in total. The van der Waals surface area contributed by atoms with Gasteiger partial charge in [0.25, 0.3) is 0 Å². The van der Waals surface area contributed by atoms with Crippen LogP contribution in [0, 0.1) is 6.92 Å². The summed E-state index contributed by atoms with van der Waals surface area (Å²) in [6, 6.07) is 10.6.